The molecule has 9 heteroatoms. The number of sulfonamides is 1. The topological polar surface area (TPSA) is 63.7 Å². The summed E-state index contributed by atoms with van der Waals surface area (Å²) >= 11 is 16.1. The predicted molar refractivity (Wildman–Crippen MR) is 130 cm³/mol. The lowest BCUT2D eigenvalue weighted by molar-refractivity contribution is -0.149. The fourth-order valence-electron chi connectivity index (χ4n) is 3.99. The van der Waals surface area contributed by atoms with Crippen molar-refractivity contribution in [3.63, 3.8) is 0 Å². The maximum absolute atomic E-state index is 13.6. The molecule has 5 nitrogen and oxygen atoms in total. The van der Waals surface area contributed by atoms with Crippen molar-refractivity contribution in [3.8, 4) is 0 Å². The second-order valence-corrected chi connectivity index (χ2v) is 11.6. The summed E-state index contributed by atoms with van der Waals surface area (Å²) in [7, 11) is -3.78. The van der Waals surface area contributed by atoms with Crippen LogP contribution in [0.2, 0.25) is 10.0 Å². The van der Waals surface area contributed by atoms with E-state index >= 15 is 0 Å². The Balaban J connectivity index is 1.83. The van der Waals surface area contributed by atoms with Crippen LogP contribution >= 0.6 is 39.1 Å². The number of carbonyl (C=O) groups is 1. The van der Waals surface area contributed by atoms with Crippen LogP contribution in [0.3, 0.4) is 0 Å². The molecule has 0 atom stereocenters. The maximum atomic E-state index is 13.6. The summed E-state index contributed by atoms with van der Waals surface area (Å²) < 4.78 is 34.5. The maximum Gasteiger partial charge on any atom is 0.308 e. The molecule has 0 saturated heterocycles. The number of halogens is 3. The van der Waals surface area contributed by atoms with E-state index in [9.17, 15) is 13.2 Å². The van der Waals surface area contributed by atoms with Crippen molar-refractivity contribution in [1.29, 1.82) is 0 Å². The second kappa shape index (κ2) is 11.3. The van der Waals surface area contributed by atoms with Gasteiger partial charge in [0, 0.05) is 33.2 Å². The third-order valence-electron chi connectivity index (χ3n) is 5.78. The molecule has 2 aromatic carbocycles. The molecule has 32 heavy (non-hydrogen) atoms. The van der Waals surface area contributed by atoms with Crippen LogP contribution in [0.15, 0.2) is 51.8 Å². The minimum atomic E-state index is -3.78. The summed E-state index contributed by atoms with van der Waals surface area (Å²) in [5.41, 5.74) is 0.580. The average molecular weight is 563 g/mol. The first kappa shape index (κ1) is 25.5. The van der Waals surface area contributed by atoms with Gasteiger partial charge in [0.2, 0.25) is 10.0 Å². The molecule has 0 unspecified atom stereocenters. The molecule has 1 aliphatic carbocycles. The van der Waals surface area contributed by atoms with Crippen LogP contribution in [0.4, 0.5) is 0 Å². The SMILES string of the molecule is CCOC(=O)C1CCC(CN(Cc2c(Cl)cccc2Cl)S(=O)(=O)c2ccc(Br)cc2)CC1. The Morgan fingerprint density at radius 3 is 2.22 bits per heavy atom. The van der Waals surface area contributed by atoms with Crippen LogP contribution in [0.1, 0.15) is 38.2 Å². The van der Waals surface area contributed by atoms with Crippen LogP contribution in [-0.4, -0.2) is 31.8 Å². The molecule has 0 bridgehead atoms. The monoisotopic (exact) mass is 561 g/mol. The third-order valence-corrected chi connectivity index (χ3v) is 8.84. The molecular weight excluding hydrogens is 537 g/mol. The molecule has 3 rings (SSSR count). The zero-order valence-corrected chi connectivity index (χ0v) is 21.7. The number of benzene rings is 2. The number of carbonyl (C=O) groups excluding carboxylic acids is 1. The zero-order valence-electron chi connectivity index (χ0n) is 17.8. The zero-order chi connectivity index (χ0) is 23.3. The lowest BCUT2D eigenvalue weighted by Gasteiger charge is -2.32. The largest absolute Gasteiger partial charge is 0.466 e. The molecule has 0 aromatic heterocycles. The highest BCUT2D eigenvalue weighted by atomic mass is 79.9. The Bertz CT molecular complexity index is 1020. The number of hydrogen-bond donors (Lipinski definition) is 0. The molecular formula is C23H26BrCl2NO4S. The molecule has 0 radical (unpaired) electrons. The first-order valence-corrected chi connectivity index (χ1v) is 13.6. The van der Waals surface area contributed by atoms with E-state index in [-0.39, 0.29) is 29.2 Å². The van der Waals surface area contributed by atoms with Crippen LogP contribution < -0.4 is 0 Å². The van der Waals surface area contributed by atoms with Gasteiger partial charge in [-0.2, -0.15) is 4.31 Å². The number of esters is 1. The van der Waals surface area contributed by atoms with Crippen LogP contribution in [-0.2, 0) is 26.1 Å². The van der Waals surface area contributed by atoms with E-state index in [0.717, 1.165) is 17.3 Å². The fraction of sp³-hybridized carbons (Fsp3) is 0.435. The predicted octanol–water partition coefficient (Wildman–Crippen LogP) is 6.32. The van der Waals surface area contributed by atoms with E-state index in [2.05, 4.69) is 15.9 Å². The van der Waals surface area contributed by atoms with Gasteiger partial charge >= 0.3 is 5.97 Å². The van der Waals surface area contributed by atoms with Crippen molar-refractivity contribution in [1.82, 2.24) is 4.31 Å². The lowest BCUT2D eigenvalue weighted by atomic mass is 9.82. The van der Waals surface area contributed by atoms with Gasteiger partial charge in [-0.25, -0.2) is 8.42 Å². The summed E-state index contributed by atoms with van der Waals surface area (Å²) in [6.45, 7) is 2.58. The van der Waals surface area contributed by atoms with Crippen LogP contribution in [0.25, 0.3) is 0 Å². The second-order valence-electron chi connectivity index (χ2n) is 7.92. The first-order chi connectivity index (χ1) is 15.2. The van der Waals surface area contributed by atoms with Crippen molar-refractivity contribution in [2.45, 2.75) is 44.0 Å². The molecule has 2 aromatic rings. The van der Waals surface area contributed by atoms with Crippen molar-refractivity contribution < 1.29 is 17.9 Å². The molecule has 1 aliphatic rings. The molecule has 0 aliphatic heterocycles. The molecule has 1 saturated carbocycles. The molecule has 0 heterocycles. The lowest BCUT2D eigenvalue weighted by Crippen LogP contribution is -2.37. The number of hydrogen-bond acceptors (Lipinski definition) is 4. The average Bonchev–Trinajstić information content (AvgIpc) is 2.76. The minimum Gasteiger partial charge on any atom is -0.466 e. The van der Waals surface area contributed by atoms with E-state index in [0.29, 0.717) is 41.6 Å². The molecule has 174 valence electrons. The van der Waals surface area contributed by atoms with Crippen molar-refractivity contribution >= 4 is 55.1 Å². The van der Waals surface area contributed by atoms with Gasteiger partial charge in [0.1, 0.15) is 0 Å². The highest BCUT2D eigenvalue weighted by molar-refractivity contribution is 9.10. The van der Waals surface area contributed by atoms with E-state index in [4.69, 9.17) is 27.9 Å². The Kier molecular flexibility index (Phi) is 9.04. The van der Waals surface area contributed by atoms with Crippen molar-refractivity contribution in [3.05, 3.63) is 62.5 Å². The van der Waals surface area contributed by atoms with E-state index in [1.807, 2.05) is 0 Å². The summed E-state index contributed by atoms with van der Waals surface area (Å²) in [4.78, 5) is 12.3. The van der Waals surface area contributed by atoms with E-state index < -0.39 is 10.0 Å². The molecule has 0 N–H and O–H groups in total. The van der Waals surface area contributed by atoms with Crippen LogP contribution in [0, 0.1) is 11.8 Å². The first-order valence-electron chi connectivity index (χ1n) is 10.6. The normalized spacial score (nSPS) is 19.2. The standard InChI is InChI=1S/C23H26BrCl2NO4S/c1-2-31-23(28)17-8-6-16(7-9-17)14-27(15-20-21(25)4-3-5-22(20)26)32(29,30)19-12-10-18(24)11-13-19/h3-5,10-13,16-17H,2,6-9,14-15H2,1H3. The molecule has 0 spiro atoms. The van der Waals surface area contributed by atoms with Crippen molar-refractivity contribution in [2.24, 2.45) is 11.8 Å². The van der Waals surface area contributed by atoms with Gasteiger partial charge in [-0.05, 0) is 74.9 Å². The quantitative estimate of drug-likeness (QED) is 0.353. The number of rotatable bonds is 8. The van der Waals surface area contributed by atoms with Gasteiger partial charge in [0.15, 0.2) is 0 Å². The van der Waals surface area contributed by atoms with Gasteiger partial charge in [0.05, 0.1) is 17.4 Å². The van der Waals surface area contributed by atoms with Crippen LogP contribution in [0.5, 0.6) is 0 Å². The highest BCUT2D eigenvalue weighted by Crippen LogP contribution is 2.34. The molecule has 1 fully saturated rings. The summed E-state index contributed by atoms with van der Waals surface area (Å²) in [6, 6.07) is 11.7. The fourth-order valence-corrected chi connectivity index (χ4v) is 6.26. The Hall–Kier alpha value is -1.12. The summed E-state index contributed by atoms with van der Waals surface area (Å²) in [6.07, 6.45) is 2.91. The Morgan fingerprint density at radius 2 is 1.66 bits per heavy atom. The number of ether oxygens (including phenoxy) is 1. The smallest absolute Gasteiger partial charge is 0.308 e. The third kappa shape index (κ3) is 6.26. The van der Waals surface area contributed by atoms with E-state index in [1.165, 1.54) is 4.31 Å². The summed E-state index contributed by atoms with van der Waals surface area (Å²) in [5.74, 6) is -0.138. The highest BCUT2D eigenvalue weighted by Gasteiger charge is 2.32. The van der Waals surface area contributed by atoms with E-state index in [1.54, 1.807) is 49.4 Å². The van der Waals surface area contributed by atoms with Crippen molar-refractivity contribution in [2.75, 3.05) is 13.2 Å². The number of nitrogens with zero attached hydrogens (tertiary/aromatic N) is 1. The summed E-state index contributed by atoms with van der Waals surface area (Å²) in [5, 5.41) is 0.860. The Labute approximate surface area is 208 Å². The van der Waals surface area contributed by atoms with Gasteiger partial charge in [0.25, 0.3) is 0 Å². The van der Waals surface area contributed by atoms with Gasteiger partial charge in [-0.15, -0.1) is 0 Å². The van der Waals surface area contributed by atoms with Gasteiger partial charge < -0.3 is 4.74 Å². The Morgan fingerprint density at radius 1 is 1.06 bits per heavy atom. The molecule has 0 amide bonds. The van der Waals surface area contributed by atoms with Gasteiger partial charge in [-0.3, -0.25) is 4.79 Å². The minimum absolute atomic E-state index is 0.0781. The van der Waals surface area contributed by atoms with Gasteiger partial charge in [-0.1, -0.05) is 45.2 Å².